The molecule has 14 heteroatoms. The Kier molecular flexibility index (Phi) is 19.3. The molecule has 1 aliphatic rings. The van der Waals surface area contributed by atoms with Crippen molar-refractivity contribution in [3.8, 4) is 0 Å². The standard InChI is InChI=1S/C34H61N5O9/c1-9-11-12-13-14-15-16-26-22(6)34(47)39(8)25(17-20(3)4)31(44)37-28(21(5)10-2)33(46)36-24(19-40)30(43)38-29(23(7)41)32(45)35-18-27(42)48-26/h20-26,28-29,40-41H,9-19H2,1-8H3,(H,35,45)(H,36,46)(H,37,44)(H,38,43)/t21-,22-,23+,24+,25+,26+,28+,29-/m1/s1. The van der Waals surface area contributed by atoms with Gasteiger partial charge in [0.2, 0.25) is 29.5 Å². The van der Waals surface area contributed by atoms with Crippen LogP contribution in [0.15, 0.2) is 0 Å². The van der Waals surface area contributed by atoms with Crippen LogP contribution in [0.25, 0.3) is 0 Å². The quantitative estimate of drug-likeness (QED) is 0.122. The summed E-state index contributed by atoms with van der Waals surface area (Å²) < 4.78 is 5.76. The van der Waals surface area contributed by atoms with Crippen LogP contribution in [0.3, 0.4) is 0 Å². The molecule has 0 aromatic heterocycles. The predicted molar refractivity (Wildman–Crippen MR) is 180 cm³/mol. The molecule has 1 aliphatic heterocycles. The van der Waals surface area contributed by atoms with Crippen LogP contribution >= 0.6 is 0 Å². The Morgan fingerprint density at radius 1 is 0.833 bits per heavy atom. The van der Waals surface area contributed by atoms with Crippen LogP contribution in [0.1, 0.15) is 106 Å². The molecule has 0 spiro atoms. The number of rotatable bonds is 13. The number of aliphatic hydroxyl groups is 2. The molecule has 0 unspecified atom stereocenters. The second-order valence-corrected chi connectivity index (χ2v) is 13.5. The highest BCUT2D eigenvalue weighted by Crippen LogP contribution is 2.22. The Labute approximate surface area is 285 Å². The van der Waals surface area contributed by atoms with Crippen molar-refractivity contribution >= 4 is 35.5 Å². The van der Waals surface area contributed by atoms with E-state index in [1.807, 2.05) is 20.8 Å². The van der Waals surface area contributed by atoms with Crippen molar-refractivity contribution < 1.29 is 43.7 Å². The van der Waals surface area contributed by atoms with E-state index in [2.05, 4.69) is 28.2 Å². The van der Waals surface area contributed by atoms with Gasteiger partial charge in [-0.15, -0.1) is 0 Å². The van der Waals surface area contributed by atoms with Gasteiger partial charge >= 0.3 is 5.97 Å². The Balaban J connectivity index is 3.57. The maximum atomic E-state index is 13.9. The minimum absolute atomic E-state index is 0.00604. The molecule has 0 aromatic carbocycles. The van der Waals surface area contributed by atoms with Crippen molar-refractivity contribution in [2.75, 3.05) is 20.2 Å². The van der Waals surface area contributed by atoms with E-state index in [0.29, 0.717) is 19.3 Å². The molecule has 1 saturated heterocycles. The fraction of sp³-hybridized carbons (Fsp3) is 0.824. The molecule has 14 nitrogen and oxygen atoms in total. The summed E-state index contributed by atoms with van der Waals surface area (Å²) in [5.41, 5.74) is 0. The summed E-state index contributed by atoms with van der Waals surface area (Å²) in [6.07, 6.45) is 4.75. The first-order valence-corrected chi connectivity index (χ1v) is 17.5. The topological polar surface area (TPSA) is 203 Å². The third-order valence-corrected chi connectivity index (χ3v) is 8.96. The minimum atomic E-state index is -1.53. The number of likely N-dealkylation sites (N-methyl/N-ethyl adjacent to an activating group) is 1. The van der Waals surface area contributed by atoms with Crippen LogP contribution in [0.4, 0.5) is 0 Å². The molecule has 276 valence electrons. The number of aliphatic hydroxyl groups excluding tert-OH is 2. The summed E-state index contributed by atoms with van der Waals surface area (Å²) >= 11 is 0. The Hall–Kier alpha value is -3.26. The second kappa shape index (κ2) is 21.7. The van der Waals surface area contributed by atoms with E-state index in [9.17, 15) is 39.0 Å². The summed E-state index contributed by atoms with van der Waals surface area (Å²) in [5.74, 6) is -5.64. The molecule has 0 aliphatic carbocycles. The zero-order valence-corrected chi connectivity index (χ0v) is 30.2. The first-order chi connectivity index (χ1) is 22.6. The van der Waals surface area contributed by atoms with E-state index in [4.69, 9.17) is 4.74 Å². The third kappa shape index (κ3) is 13.7. The molecule has 0 aromatic rings. The van der Waals surface area contributed by atoms with Crippen molar-refractivity contribution in [3.05, 3.63) is 0 Å². The lowest BCUT2D eigenvalue weighted by atomic mass is 9.94. The highest BCUT2D eigenvalue weighted by Gasteiger charge is 2.38. The summed E-state index contributed by atoms with van der Waals surface area (Å²) in [7, 11) is 1.51. The normalized spacial score (nSPS) is 27.1. The van der Waals surface area contributed by atoms with Gasteiger partial charge in [0, 0.05) is 7.05 Å². The van der Waals surface area contributed by atoms with Crippen LogP contribution in [-0.4, -0.2) is 107 Å². The van der Waals surface area contributed by atoms with Crippen molar-refractivity contribution in [2.45, 2.75) is 143 Å². The van der Waals surface area contributed by atoms with E-state index < -0.39 is 96.9 Å². The van der Waals surface area contributed by atoms with Crippen molar-refractivity contribution in [3.63, 3.8) is 0 Å². The van der Waals surface area contributed by atoms with Crippen LogP contribution in [0, 0.1) is 17.8 Å². The molecule has 1 heterocycles. The Bertz CT molecular complexity index is 1070. The van der Waals surface area contributed by atoms with Gasteiger partial charge in [-0.3, -0.25) is 28.8 Å². The summed E-state index contributed by atoms with van der Waals surface area (Å²) in [6, 6.07) is -5.15. The molecular weight excluding hydrogens is 622 g/mol. The van der Waals surface area contributed by atoms with Gasteiger partial charge in [-0.2, -0.15) is 0 Å². The van der Waals surface area contributed by atoms with Gasteiger partial charge in [0.15, 0.2) is 0 Å². The molecule has 1 rings (SSSR count). The number of carbonyl (C=O) groups is 6. The van der Waals surface area contributed by atoms with E-state index >= 15 is 0 Å². The van der Waals surface area contributed by atoms with Crippen LogP contribution in [0.5, 0.6) is 0 Å². The van der Waals surface area contributed by atoms with Gasteiger partial charge in [0.1, 0.15) is 36.8 Å². The van der Waals surface area contributed by atoms with Gasteiger partial charge in [0.05, 0.1) is 18.6 Å². The molecule has 0 saturated carbocycles. The molecular formula is C34H61N5O9. The summed E-state index contributed by atoms with van der Waals surface area (Å²) in [6.45, 7) is 11.0. The fourth-order valence-electron chi connectivity index (χ4n) is 5.60. The van der Waals surface area contributed by atoms with Crippen molar-refractivity contribution in [1.82, 2.24) is 26.2 Å². The average molecular weight is 684 g/mol. The number of carbonyl (C=O) groups excluding carboxylic acids is 6. The number of hydrogen-bond acceptors (Lipinski definition) is 9. The number of nitrogens with zero attached hydrogens (tertiary/aromatic N) is 1. The molecule has 0 bridgehead atoms. The van der Waals surface area contributed by atoms with E-state index in [1.54, 1.807) is 13.8 Å². The largest absolute Gasteiger partial charge is 0.460 e. The monoisotopic (exact) mass is 683 g/mol. The molecule has 1 fully saturated rings. The maximum Gasteiger partial charge on any atom is 0.325 e. The van der Waals surface area contributed by atoms with E-state index in [1.165, 1.54) is 18.9 Å². The first-order valence-electron chi connectivity index (χ1n) is 17.5. The van der Waals surface area contributed by atoms with Gasteiger partial charge in [0.25, 0.3) is 0 Å². The fourth-order valence-corrected chi connectivity index (χ4v) is 5.60. The number of amides is 5. The molecule has 8 atom stereocenters. The second-order valence-electron chi connectivity index (χ2n) is 13.5. The van der Waals surface area contributed by atoms with E-state index in [-0.39, 0.29) is 12.3 Å². The van der Waals surface area contributed by atoms with Gasteiger partial charge in [-0.05, 0) is 38.0 Å². The molecule has 0 radical (unpaired) electrons. The van der Waals surface area contributed by atoms with Crippen molar-refractivity contribution in [1.29, 1.82) is 0 Å². The summed E-state index contributed by atoms with van der Waals surface area (Å²) in [4.78, 5) is 81.7. The number of hydrogen-bond donors (Lipinski definition) is 6. The lowest BCUT2D eigenvalue weighted by molar-refractivity contribution is -0.157. The van der Waals surface area contributed by atoms with Gasteiger partial charge in [-0.1, -0.05) is 80.1 Å². The number of unbranched alkanes of at least 4 members (excludes halogenated alkanes) is 5. The highest BCUT2D eigenvalue weighted by molar-refractivity contribution is 5.96. The lowest BCUT2D eigenvalue weighted by Crippen LogP contribution is -2.61. The number of nitrogens with one attached hydrogen (secondary N) is 4. The van der Waals surface area contributed by atoms with E-state index in [0.717, 1.165) is 32.1 Å². The average Bonchev–Trinajstić information content (AvgIpc) is 3.04. The van der Waals surface area contributed by atoms with Crippen molar-refractivity contribution in [2.24, 2.45) is 17.8 Å². The Morgan fingerprint density at radius 2 is 1.44 bits per heavy atom. The zero-order valence-electron chi connectivity index (χ0n) is 30.2. The van der Waals surface area contributed by atoms with Gasteiger partial charge < -0.3 is 41.1 Å². The summed E-state index contributed by atoms with van der Waals surface area (Å²) in [5, 5.41) is 30.1. The smallest absolute Gasteiger partial charge is 0.325 e. The zero-order chi connectivity index (χ0) is 36.6. The third-order valence-electron chi connectivity index (χ3n) is 8.96. The first kappa shape index (κ1) is 42.8. The predicted octanol–water partition coefficient (Wildman–Crippen LogP) is 1.16. The maximum absolute atomic E-state index is 13.9. The highest BCUT2D eigenvalue weighted by atomic mass is 16.5. The van der Waals surface area contributed by atoms with Crippen LogP contribution in [-0.2, 0) is 33.5 Å². The minimum Gasteiger partial charge on any atom is -0.460 e. The van der Waals surface area contributed by atoms with Gasteiger partial charge in [-0.25, -0.2) is 0 Å². The Morgan fingerprint density at radius 3 is 2.00 bits per heavy atom. The molecule has 6 N–H and O–H groups in total. The number of esters is 1. The van der Waals surface area contributed by atoms with Crippen LogP contribution in [0.2, 0.25) is 0 Å². The van der Waals surface area contributed by atoms with Crippen LogP contribution < -0.4 is 21.3 Å². The SMILES string of the molecule is CCCCCCCC[C@@H]1OC(=O)CNC(=O)[C@@H]([C@H](C)O)NC(=O)[C@H](CO)NC(=O)[C@H]([C@H](C)CC)NC(=O)[C@H](CC(C)C)N(C)C(=O)[C@@H]1C. The lowest BCUT2D eigenvalue weighted by Gasteiger charge is -2.34. The molecule has 5 amide bonds. The number of ether oxygens (including phenoxy) is 1. The molecule has 48 heavy (non-hydrogen) atoms. The number of cyclic esters (lactones) is 1.